The van der Waals surface area contributed by atoms with Gasteiger partial charge in [0.25, 0.3) is 0 Å². The SMILES string of the molecule is Cc1ccc(S(=O)OCCCC(C)O)cc1. The third-order valence-electron chi connectivity index (χ3n) is 2.17. The van der Waals surface area contributed by atoms with Crippen molar-refractivity contribution in [1.82, 2.24) is 0 Å². The molecule has 0 fully saturated rings. The average molecular weight is 242 g/mol. The van der Waals surface area contributed by atoms with E-state index in [4.69, 9.17) is 9.29 Å². The van der Waals surface area contributed by atoms with E-state index in [0.29, 0.717) is 17.9 Å². The highest BCUT2D eigenvalue weighted by Gasteiger charge is 2.04. The van der Waals surface area contributed by atoms with Gasteiger partial charge in [-0.2, -0.15) is 0 Å². The van der Waals surface area contributed by atoms with E-state index < -0.39 is 11.1 Å². The summed E-state index contributed by atoms with van der Waals surface area (Å²) in [6.45, 7) is 4.12. The van der Waals surface area contributed by atoms with Crippen LogP contribution in [0.1, 0.15) is 25.3 Å². The Labute approximate surface area is 99.1 Å². The second-order valence-corrected chi connectivity index (χ2v) is 5.04. The Morgan fingerprint density at radius 2 is 2.00 bits per heavy atom. The van der Waals surface area contributed by atoms with E-state index >= 15 is 0 Å². The summed E-state index contributed by atoms with van der Waals surface area (Å²) in [5, 5.41) is 9.03. The quantitative estimate of drug-likeness (QED) is 0.778. The molecule has 0 aliphatic heterocycles. The lowest BCUT2D eigenvalue weighted by Crippen LogP contribution is -2.04. The molecule has 2 atom stereocenters. The van der Waals surface area contributed by atoms with Gasteiger partial charge in [-0.15, -0.1) is 0 Å². The molecule has 0 radical (unpaired) electrons. The molecule has 2 unspecified atom stereocenters. The molecule has 4 heteroatoms. The first-order valence-electron chi connectivity index (χ1n) is 5.39. The zero-order valence-electron chi connectivity index (χ0n) is 9.68. The molecule has 0 amide bonds. The van der Waals surface area contributed by atoms with Gasteiger partial charge >= 0.3 is 0 Å². The van der Waals surface area contributed by atoms with Gasteiger partial charge in [-0.05, 0) is 38.8 Å². The van der Waals surface area contributed by atoms with Crippen LogP contribution in [0, 0.1) is 6.92 Å². The molecule has 1 rings (SSSR count). The number of aliphatic hydroxyl groups excluding tert-OH is 1. The molecule has 0 bridgehead atoms. The Balaban J connectivity index is 2.32. The van der Waals surface area contributed by atoms with Crippen molar-refractivity contribution in [3.63, 3.8) is 0 Å². The van der Waals surface area contributed by atoms with Gasteiger partial charge in [0.2, 0.25) is 0 Å². The van der Waals surface area contributed by atoms with Crippen LogP contribution in [0.4, 0.5) is 0 Å². The van der Waals surface area contributed by atoms with Crippen molar-refractivity contribution in [2.75, 3.05) is 6.61 Å². The minimum Gasteiger partial charge on any atom is -0.393 e. The number of aliphatic hydroxyl groups is 1. The number of aryl methyl sites for hydroxylation is 1. The molecular formula is C12H18O3S. The molecule has 0 heterocycles. The van der Waals surface area contributed by atoms with Gasteiger partial charge in [0, 0.05) is 0 Å². The lowest BCUT2D eigenvalue weighted by Gasteiger charge is -2.05. The summed E-state index contributed by atoms with van der Waals surface area (Å²) < 4.78 is 16.8. The normalized spacial score (nSPS) is 14.7. The lowest BCUT2D eigenvalue weighted by atomic mass is 10.2. The van der Waals surface area contributed by atoms with Crippen molar-refractivity contribution >= 4 is 11.1 Å². The van der Waals surface area contributed by atoms with Gasteiger partial charge in [0.15, 0.2) is 11.1 Å². The molecule has 1 aromatic rings. The standard InChI is InChI=1S/C12H18O3S/c1-10-5-7-12(8-6-10)16(14)15-9-3-4-11(2)13/h5-8,11,13H,3-4,9H2,1-2H3. The summed E-state index contributed by atoms with van der Waals surface area (Å²) in [5.41, 5.74) is 1.13. The van der Waals surface area contributed by atoms with Crippen LogP contribution in [0.3, 0.4) is 0 Å². The van der Waals surface area contributed by atoms with E-state index in [2.05, 4.69) is 0 Å². The van der Waals surface area contributed by atoms with Crippen molar-refractivity contribution < 1.29 is 13.5 Å². The summed E-state index contributed by atoms with van der Waals surface area (Å²) >= 11 is -1.39. The summed E-state index contributed by atoms with van der Waals surface area (Å²) in [6.07, 6.45) is 1.07. The lowest BCUT2D eigenvalue weighted by molar-refractivity contribution is 0.172. The number of rotatable bonds is 6. The van der Waals surface area contributed by atoms with E-state index in [1.807, 2.05) is 19.1 Å². The van der Waals surface area contributed by atoms with Crippen LogP contribution >= 0.6 is 0 Å². The van der Waals surface area contributed by atoms with Crippen LogP contribution in [-0.2, 0) is 15.3 Å². The number of hydrogen-bond acceptors (Lipinski definition) is 3. The second kappa shape index (κ2) is 6.78. The predicted octanol–water partition coefficient (Wildman–Crippen LogP) is 2.20. The second-order valence-electron chi connectivity index (χ2n) is 3.86. The van der Waals surface area contributed by atoms with Crippen LogP contribution < -0.4 is 0 Å². The number of hydrogen-bond donors (Lipinski definition) is 1. The number of benzene rings is 1. The van der Waals surface area contributed by atoms with Crippen LogP contribution in [0.2, 0.25) is 0 Å². The average Bonchev–Trinajstić information content (AvgIpc) is 2.25. The van der Waals surface area contributed by atoms with Gasteiger partial charge in [-0.3, -0.25) is 4.18 Å². The van der Waals surface area contributed by atoms with Gasteiger partial charge in [-0.1, -0.05) is 17.7 Å². The molecular weight excluding hydrogens is 224 g/mol. The van der Waals surface area contributed by atoms with E-state index in [1.54, 1.807) is 19.1 Å². The fraction of sp³-hybridized carbons (Fsp3) is 0.500. The highest BCUT2D eigenvalue weighted by atomic mass is 32.2. The summed E-state index contributed by atoms with van der Waals surface area (Å²) in [6, 6.07) is 7.43. The van der Waals surface area contributed by atoms with Gasteiger partial charge < -0.3 is 5.11 Å². The van der Waals surface area contributed by atoms with Crippen molar-refractivity contribution in [2.45, 2.75) is 37.7 Å². The summed E-state index contributed by atoms with van der Waals surface area (Å²) in [7, 11) is 0. The van der Waals surface area contributed by atoms with E-state index in [0.717, 1.165) is 12.0 Å². The summed E-state index contributed by atoms with van der Waals surface area (Å²) in [5.74, 6) is 0. The Bertz CT molecular complexity index is 333. The maximum atomic E-state index is 11.6. The molecule has 0 saturated heterocycles. The van der Waals surface area contributed by atoms with E-state index in [9.17, 15) is 4.21 Å². The molecule has 90 valence electrons. The first kappa shape index (κ1) is 13.4. The predicted molar refractivity (Wildman–Crippen MR) is 64.5 cm³/mol. The first-order valence-corrected chi connectivity index (χ1v) is 6.47. The molecule has 0 spiro atoms. The smallest absolute Gasteiger partial charge is 0.189 e. The molecule has 1 N–H and O–H groups in total. The molecule has 0 aliphatic rings. The summed E-state index contributed by atoms with van der Waals surface area (Å²) in [4.78, 5) is 0.683. The van der Waals surface area contributed by atoms with E-state index in [1.165, 1.54) is 0 Å². The highest BCUT2D eigenvalue weighted by Crippen LogP contribution is 2.10. The molecule has 0 aliphatic carbocycles. The van der Waals surface area contributed by atoms with Crippen molar-refractivity contribution in [1.29, 1.82) is 0 Å². The highest BCUT2D eigenvalue weighted by molar-refractivity contribution is 7.80. The maximum absolute atomic E-state index is 11.6. The van der Waals surface area contributed by atoms with Crippen molar-refractivity contribution in [3.05, 3.63) is 29.8 Å². The Morgan fingerprint density at radius 3 is 2.56 bits per heavy atom. The van der Waals surface area contributed by atoms with Crippen LogP contribution in [-0.4, -0.2) is 22.0 Å². The fourth-order valence-electron chi connectivity index (χ4n) is 1.23. The minimum atomic E-state index is -1.39. The van der Waals surface area contributed by atoms with E-state index in [-0.39, 0.29) is 6.10 Å². The molecule has 0 saturated carbocycles. The van der Waals surface area contributed by atoms with Crippen LogP contribution in [0.25, 0.3) is 0 Å². The molecule has 16 heavy (non-hydrogen) atoms. The van der Waals surface area contributed by atoms with Crippen LogP contribution in [0.5, 0.6) is 0 Å². The minimum absolute atomic E-state index is 0.323. The molecule has 3 nitrogen and oxygen atoms in total. The molecule has 0 aromatic heterocycles. The third-order valence-corrected chi connectivity index (χ3v) is 3.21. The Hall–Kier alpha value is -0.710. The molecule has 1 aromatic carbocycles. The first-order chi connectivity index (χ1) is 7.59. The maximum Gasteiger partial charge on any atom is 0.189 e. The van der Waals surface area contributed by atoms with Crippen molar-refractivity contribution in [3.8, 4) is 0 Å². The Kier molecular flexibility index (Phi) is 5.66. The van der Waals surface area contributed by atoms with Crippen LogP contribution in [0.15, 0.2) is 29.2 Å². The largest absolute Gasteiger partial charge is 0.393 e. The van der Waals surface area contributed by atoms with Gasteiger partial charge in [0.05, 0.1) is 17.6 Å². The topological polar surface area (TPSA) is 46.5 Å². The van der Waals surface area contributed by atoms with Crippen molar-refractivity contribution in [2.24, 2.45) is 0 Å². The monoisotopic (exact) mass is 242 g/mol. The zero-order valence-corrected chi connectivity index (χ0v) is 10.5. The Morgan fingerprint density at radius 1 is 1.38 bits per heavy atom. The third kappa shape index (κ3) is 4.88. The fourth-order valence-corrected chi connectivity index (χ4v) is 1.99. The van der Waals surface area contributed by atoms with Gasteiger partial charge in [0.1, 0.15) is 0 Å². The zero-order chi connectivity index (χ0) is 12.0. The van der Waals surface area contributed by atoms with Gasteiger partial charge in [-0.25, -0.2) is 4.21 Å².